The maximum atomic E-state index is 13.0. The Labute approximate surface area is 173 Å². The van der Waals surface area contributed by atoms with Gasteiger partial charge in [-0.25, -0.2) is 0 Å². The number of ketones is 3. The monoisotopic (exact) mass is 450 g/mol. The summed E-state index contributed by atoms with van der Waals surface area (Å²) in [5, 5.41) is 22.9. The molecule has 0 radical (unpaired) electrons. The molecule has 0 aromatic carbocycles. The Bertz CT molecular complexity index is 831. The maximum Gasteiger partial charge on any atom is 0.178 e. The molecule has 4 rings (SSSR count). The summed E-state index contributed by atoms with van der Waals surface area (Å²) in [5.74, 6) is -1.16. The topological polar surface area (TPSA) is 91.7 Å². The number of aliphatic hydroxyl groups excluding tert-OH is 1. The van der Waals surface area contributed by atoms with Crippen LogP contribution in [-0.2, 0) is 14.4 Å². The zero-order chi connectivity index (χ0) is 20.6. The van der Waals surface area contributed by atoms with Crippen LogP contribution in [0, 0.1) is 34.5 Å². The van der Waals surface area contributed by atoms with E-state index in [-0.39, 0.29) is 52.8 Å². The van der Waals surface area contributed by atoms with Gasteiger partial charge in [-0.15, -0.1) is 0 Å². The van der Waals surface area contributed by atoms with Crippen LogP contribution in [0.2, 0.25) is 0 Å². The van der Waals surface area contributed by atoms with Gasteiger partial charge in [0.2, 0.25) is 0 Å². The van der Waals surface area contributed by atoms with Gasteiger partial charge in [-0.2, -0.15) is 0 Å². The van der Waals surface area contributed by atoms with Crippen LogP contribution in [0.1, 0.15) is 40.0 Å². The molecule has 8 atom stereocenters. The quantitative estimate of drug-likeness (QED) is 0.630. The Morgan fingerprint density at radius 2 is 2.00 bits per heavy atom. The molecule has 3 fully saturated rings. The molecule has 0 amide bonds. The Morgan fingerprint density at radius 1 is 1.32 bits per heavy atom. The van der Waals surface area contributed by atoms with Gasteiger partial charge in [0, 0.05) is 28.7 Å². The molecule has 0 bridgehead atoms. The summed E-state index contributed by atoms with van der Waals surface area (Å²) in [6, 6.07) is 0. The van der Waals surface area contributed by atoms with Gasteiger partial charge in [0.15, 0.2) is 17.3 Å². The number of halogens is 1. The van der Waals surface area contributed by atoms with E-state index in [2.05, 4.69) is 15.9 Å². The Hall–Kier alpha value is -1.11. The first-order valence-corrected chi connectivity index (χ1v) is 11.1. The number of hydrogen-bond donors (Lipinski definition) is 2. The van der Waals surface area contributed by atoms with Crippen molar-refractivity contribution in [1.29, 1.82) is 0 Å². The first kappa shape index (κ1) is 20.2. The molecule has 6 heteroatoms. The van der Waals surface area contributed by atoms with Gasteiger partial charge in [-0.3, -0.25) is 14.4 Å². The van der Waals surface area contributed by atoms with Crippen molar-refractivity contribution in [2.24, 2.45) is 34.5 Å². The third kappa shape index (κ3) is 2.28. The maximum absolute atomic E-state index is 13.0. The third-order valence-electron chi connectivity index (χ3n) is 8.46. The molecule has 4 aliphatic rings. The van der Waals surface area contributed by atoms with Crippen molar-refractivity contribution in [3.05, 3.63) is 23.8 Å². The van der Waals surface area contributed by atoms with Crippen molar-refractivity contribution in [3.8, 4) is 0 Å². The fourth-order valence-corrected chi connectivity index (χ4v) is 7.63. The van der Waals surface area contributed by atoms with Gasteiger partial charge < -0.3 is 10.2 Å². The van der Waals surface area contributed by atoms with Crippen LogP contribution in [0.4, 0.5) is 0 Å². The predicted molar refractivity (Wildman–Crippen MR) is 107 cm³/mol. The lowest BCUT2D eigenvalue weighted by molar-refractivity contribution is -0.180. The van der Waals surface area contributed by atoms with Crippen molar-refractivity contribution in [1.82, 2.24) is 0 Å². The standard InChI is InChI=1S/C22H27BrO5/c1-11-6-14-13-8-16(25)15-7-12(24)4-5-20(15,2)19(13)17(26)9-21(14,3)22(11,28)18(27)10-23/h4-5,7,11,13-14,17,19,26,28H,6,8-10H2,1-3H3/t11?,13-,14-,17?,19+,20-,21-,22-/m0/s1. The summed E-state index contributed by atoms with van der Waals surface area (Å²) < 4.78 is 0. The van der Waals surface area contributed by atoms with E-state index in [9.17, 15) is 24.6 Å². The lowest BCUT2D eigenvalue weighted by Gasteiger charge is -2.59. The molecular weight excluding hydrogens is 424 g/mol. The summed E-state index contributed by atoms with van der Waals surface area (Å²) >= 11 is 3.21. The van der Waals surface area contributed by atoms with Gasteiger partial charge in [-0.1, -0.05) is 42.8 Å². The van der Waals surface area contributed by atoms with Gasteiger partial charge in [-0.05, 0) is 42.7 Å². The molecule has 2 N–H and O–H groups in total. The number of allylic oxidation sites excluding steroid dienone is 4. The Balaban J connectivity index is 1.82. The third-order valence-corrected chi connectivity index (χ3v) is 8.97. The number of fused-ring (bicyclic) bond motifs is 5. The molecule has 5 nitrogen and oxygen atoms in total. The van der Waals surface area contributed by atoms with E-state index in [0.717, 1.165) is 0 Å². The molecule has 28 heavy (non-hydrogen) atoms. The minimum Gasteiger partial charge on any atom is -0.393 e. The largest absolute Gasteiger partial charge is 0.393 e. The molecule has 0 saturated heterocycles. The molecule has 4 aliphatic carbocycles. The van der Waals surface area contributed by atoms with Crippen LogP contribution in [0.25, 0.3) is 0 Å². The van der Waals surface area contributed by atoms with Crippen LogP contribution in [0.3, 0.4) is 0 Å². The van der Waals surface area contributed by atoms with Crippen LogP contribution >= 0.6 is 15.9 Å². The highest BCUT2D eigenvalue weighted by Gasteiger charge is 2.70. The van der Waals surface area contributed by atoms with Crippen molar-refractivity contribution >= 4 is 33.3 Å². The molecule has 2 unspecified atom stereocenters. The van der Waals surface area contributed by atoms with Crippen molar-refractivity contribution in [2.75, 3.05) is 5.33 Å². The first-order chi connectivity index (χ1) is 13.0. The minimum atomic E-state index is -1.52. The summed E-state index contributed by atoms with van der Waals surface area (Å²) in [7, 11) is 0. The summed E-state index contributed by atoms with van der Waals surface area (Å²) in [5.41, 5.74) is -2.52. The summed E-state index contributed by atoms with van der Waals surface area (Å²) in [6.45, 7) is 5.72. The van der Waals surface area contributed by atoms with E-state index in [0.29, 0.717) is 18.4 Å². The molecule has 0 aliphatic heterocycles. The molecular formula is C22H27BrO5. The fourth-order valence-electron chi connectivity index (χ4n) is 7.20. The van der Waals surface area contributed by atoms with Crippen molar-refractivity contribution < 1.29 is 24.6 Å². The highest BCUT2D eigenvalue weighted by molar-refractivity contribution is 9.09. The average Bonchev–Trinajstić information content (AvgIpc) is 2.83. The van der Waals surface area contributed by atoms with E-state index < -0.39 is 22.5 Å². The van der Waals surface area contributed by atoms with Crippen LogP contribution in [0.15, 0.2) is 23.8 Å². The lowest BCUT2D eigenvalue weighted by atomic mass is 9.46. The molecule has 0 aromatic heterocycles. The predicted octanol–water partition coefficient (Wildman–Crippen LogP) is 2.39. The highest BCUT2D eigenvalue weighted by Crippen LogP contribution is 2.67. The molecule has 0 spiro atoms. The normalized spacial score (nSPS) is 49.9. The van der Waals surface area contributed by atoms with Crippen LogP contribution in [-0.4, -0.2) is 44.6 Å². The molecule has 3 saturated carbocycles. The number of aliphatic hydroxyl groups is 2. The van der Waals surface area contributed by atoms with E-state index in [1.807, 2.05) is 20.8 Å². The van der Waals surface area contributed by atoms with Crippen molar-refractivity contribution in [3.63, 3.8) is 0 Å². The number of Topliss-reactive ketones (excluding diaryl/α,β-unsaturated/α-hetero) is 2. The van der Waals surface area contributed by atoms with E-state index in [4.69, 9.17) is 0 Å². The Morgan fingerprint density at radius 3 is 2.64 bits per heavy atom. The lowest BCUT2D eigenvalue weighted by Crippen LogP contribution is -2.63. The average molecular weight is 451 g/mol. The Kier molecular flexibility index (Phi) is 4.46. The van der Waals surface area contributed by atoms with Gasteiger partial charge >= 0.3 is 0 Å². The van der Waals surface area contributed by atoms with Gasteiger partial charge in [0.1, 0.15) is 5.60 Å². The highest BCUT2D eigenvalue weighted by atomic mass is 79.9. The molecule has 152 valence electrons. The van der Waals surface area contributed by atoms with E-state index >= 15 is 0 Å². The number of hydrogen-bond acceptors (Lipinski definition) is 5. The van der Waals surface area contributed by atoms with Crippen LogP contribution in [0.5, 0.6) is 0 Å². The zero-order valence-corrected chi connectivity index (χ0v) is 18.0. The first-order valence-electron chi connectivity index (χ1n) is 9.99. The number of rotatable bonds is 2. The zero-order valence-electron chi connectivity index (χ0n) is 16.4. The number of carbonyl (C=O) groups excluding carboxylic acids is 3. The smallest absolute Gasteiger partial charge is 0.178 e. The van der Waals surface area contributed by atoms with Crippen LogP contribution < -0.4 is 0 Å². The number of carbonyl (C=O) groups is 3. The molecule has 0 heterocycles. The number of alkyl halides is 1. The van der Waals surface area contributed by atoms with Gasteiger partial charge in [0.05, 0.1) is 11.4 Å². The van der Waals surface area contributed by atoms with E-state index in [1.165, 1.54) is 12.2 Å². The SMILES string of the molecule is CC1C[C@H]2[C@@H]3CC(=O)C4=CC(=O)C=C[C@]4(C)[C@H]3C(O)C[C@]2(C)[C@@]1(O)C(=O)CBr. The van der Waals surface area contributed by atoms with Gasteiger partial charge in [0.25, 0.3) is 0 Å². The fraction of sp³-hybridized carbons (Fsp3) is 0.682. The second kappa shape index (κ2) is 6.19. The second-order valence-electron chi connectivity index (χ2n) is 9.65. The summed E-state index contributed by atoms with van der Waals surface area (Å²) in [4.78, 5) is 37.6. The second-order valence-corrected chi connectivity index (χ2v) is 10.2. The van der Waals surface area contributed by atoms with E-state index in [1.54, 1.807) is 6.08 Å². The molecule has 0 aromatic rings. The van der Waals surface area contributed by atoms with Crippen molar-refractivity contribution in [2.45, 2.75) is 51.7 Å². The minimum absolute atomic E-state index is 0.0442. The summed E-state index contributed by atoms with van der Waals surface area (Å²) in [6.07, 6.45) is 5.10.